The minimum absolute atomic E-state index is 0.111. The number of carbonyl (C=O) groups excluding carboxylic acids is 1. The van der Waals surface area contributed by atoms with Crippen LogP contribution in [0.1, 0.15) is 154 Å². The van der Waals surface area contributed by atoms with Gasteiger partial charge in [0.15, 0.2) is 0 Å². The summed E-state index contributed by atoms with van der Waals surface area (Å²) in [6.07, 6.45) is 47.5. The van der Waals surface area contributed by atoms with E-state index in [2.05, 4.69) is 116 Å². The molecule has 0 bridgehead atoms. The van der Waals surface area contributed by atoms with E-state index < -0.39 is 5.97 Å². The smallest absolute Gasteiger partial charge is 0.335 e. The molecule has 0 radical (unpaired) electrons. The molecule has 5 aliphatic carbocycles. The highest BCUT2D eigenvalue weighted by atomic mass is 16.4. The van der Waals surface area contributed by atoms with E-state index in [4.69, 9.17) is 0 Å². The number of carbonyl (C=O) groups is 2. The second-order valence-electron chi connectivity index (χ2n) is 16.3. The Balaban J connectivity index is 0.00000187. The zero-order valence-electron chi connectivity index (χ0n) is 34.8. The van der Waals surface area contributed by atoms with Gasteiger partial charge in [-0.1, -0.05) is 80.4 Å². The van der Waals surface area contributed by atoms with Crippen LogP contribution in [0.3, 0.4) is 0 Å². The number of aromatic carboxylic acids is 1. The first-order valence-corrected chi connectivity index (χ1v) is 20.0. The second kappa shape index (κ2) is 22.5. The highest BCUT2D eigenvalue weighted by molar-refractivity contribution is 5.87. The van der Waals surface area contributed by atoms with Gasteiger partial charge in [0.2, 0.25) is 5.91 Å². The Morgan fingerprint density at radius 1 is 0.717 bits per heavy atom. The Labute approximate surface area is 326 Å². The zero-order chi connectivity index (χ0) is 41.2. The van der Waals surface area contributed by atoms with Gasteiger partial charge in [0.1, 0.15) is 0 Å². The topological polar surface area (TPSA) is 78.4 Å². The molecule has 5 heteroatoms. The van der Waals surface area contributed by atoms with Gasteiger partial charge < -0.3 is 15.7 Å². The summed E-state index contributed by atoms with van der Waals surface area (Å²) in [6, 6.07) is 7.78. The Kier molecular flexibility index (Phi) is 21.0. The molecular weight excluding hydrogens is 653 g/mol. The number of benzene rings is 1. The van der Waals surface area contributed by atoms with E-state index in [1.54, 1.807) is 19.2 Å². The van der Waals surface area contributed by atoms with Crippen molar-refractivity contribution in [2.24, 2.45) is 45.8 Å². The SMILES string of the molecule is C#C.C#C.C#C.C#C.CC.CCC.CNC(=O)CN[C@]12CCCC1[C@H]1CCC3[C@@](C)(CCC4C(C)(C)[C@@H](c5ccc(C(=O)O)cc5)CC[C@@]43C)C1CC2. The molecule has 4 unspecified atom stereocenters. The highest BCUT2D eigenvalue weighted by Crippen LogP contribution is 2.73. The molecular formula is C48H74N2O3. The van der Waals surface area contributed by atoms with Crippen LogP contribution >= 0.6 is 0 Å². The first-order chi connectivity index (χ1) is 25.4. The van der Waals surface area contributed by atoms with Gasteiger partial charge >= 0.3 is 5.97 Å². The van der Waals surface area contributed by atoms with Crippen LogP contribution in [0.4, 0.5) is 0 Å². The monoisotopic (exact) mass is 727 g/mol. The lowest BCUT2D eigenvalue weighted by atomic mass is 9.35. The molecule has 5 fully saturated rings. The number of amides is 1. The fraction of sp³-hybridized carbons (Fsp3) is 0.667. The Hall–Kier alpha value is -3.64. The van der Waals surface area contributed by atoms with Crippen molar-refractivity contribution in [1.82, 2.24) is 10.6 Å². The first-order valence-electron chi connectivity index (χ1n) is 20.0. The number of fused-ring (bicyclic) bond motifs is 7. The van der Waals surface area contributed by atoms with Crippen LogP contribution < -0.4 is 10.6 Å². The van der Waals surface area contributed by atoms with Crippen molar-refractivity contribution in [2.45, 2.75) is 144 Å². The second-order valence-corrected chi connectivity index (χ2v) is 16.3. The van der Waals surface area contributed by atoms with Gasteiger partial charge in [-0.3, -0.25) is 4.79 Å². The summed E-state index contributed by atoms with van der Waals surface area (Å²) in [5.74, 6) is 3.55. The number of hydrogen-bond acceptors (Lipinski definition) is 3. The molecule has 1 aromatic rings. The van der Waals surface area contributed by atoms with E-state index in [1.807, 2.05) is 13.8 Å². The fourth-order valence-corrected chi connectivity index (χ4v) is 12.3. The number of nitrogens with one attached hydrogen (secondary N) is 2. The zero-order valence-corrected chi connectivity index (χ0v) is 34.8. The average Bonchev–Trinajstić information content (AvgIpc) is 3.63. The molecule has 5 nitrogen and oxygen atoms in total. The number of carboxylic acids is 1. The maximum Gasteiger partial charge on any atom is 0.335 e. The van der Waals surface area contributed by atoms with Gasteiger partial charge in [0.25, 0.3) is 0 Å². The molecule has 5 aliphatic rings. The third-order valence-corrected chi connectivity index (χ3v) is 14.0. The lowest BCUT2D eigenvalue weighted by molar-refractivity contribution is -0.195. The number of rotatable bonds is 5. The summed E-state index contributed by atoms with van der Waals surface area (Å²) in [5.41, 5.74) is 2.84. The predicted octanol–water partition coefficient (Wildman–Crippen LogP) is 10.5. The van der Waals surface area contributed by atoms with Crippen LogP contribution in [-0.2, 0) is 4.79 Å². The molecule has 5 saturated carbocycles. The van der Waals surface area contributed by atoms with E-state index in [1.165, 1.54) is 82.6 Å². The van der Waals surface area contributed by atoms with Crippen LogP contribution in [0.2, 0.25) is 0 Å². The Bertz CT molecular complexity index is 1310. The summed E-state index contributed by atoms with van der Waals surface area (Å²) >= 11 is 0. The highest BCUT2D eigenvalue weighted by Gasteiger charge is 2.66. The fourth-order valence-electron chi connectivity index (χ4n) is 12.3. The molecule has 9 atom stereocenters. The number of carboxylic acid groups (broad SMARTS) is 1. The van der Waals surface area contributed by atoms with Gasteiger partial charge in [-0.25, -0.2) is 4.79 Å². The molecule has 0 saturated heterocycles. The van der Waals surface area contributed by atoms with Crippen LogP contribution in [0, 0.1) is 97.2 Å². The van der Waals surface area contributed by atoms with Crippen molar-refractivity contribution in [2.75, 3.05) is 13.6 Å². The third-order valence-electron chi connectivity index (χ3n) is 14.0. The molecule has 1 aromatic carbocycles. The van der Waals surface area contributed by atoms with Gasteiger partial charge in [0.05, 0.1) is 12.1 Å². The van der Waals surface area contributed by atoms with Gasteiger partial charge in [-0.15, -0.1) is 51.4 Å². The van der Waals surface area contributed by atoms with E-state index in [-0.39, 0.29) is 16.9 Å². The van der Waals surface area contributed by atoms with Crippen LogP contribution in [-0.4, -0.2) is 36.1 Å². The summed E-state index contributed by atoms with van der Waals surface area (Å²) in [5, 5.41) is 16.0. The Morgan fingerprint density at radius 2 is 1.26 bits per heavy atom. The minimum Gasteiger partial charge on any atom is -0.478 e. The number of terminal acetylenes is 4. The van der Waals surface area contributed by atoms with Crippen LogP contribution in [0.15, 0.2) is 24.3 Å². The molecule has 53 heavy (non-hydrogen) atoms. The van der Waals surface area contributed by atoms with Crippen molar-refractivity contribution >= 4 is 11.9 Å². The van der Waals surface area contributed by atoms with Gasteiger partial charge in [-0.05, 0) is 134 Å². The Morgan fingerprint density at radius 3 is 1.79 bits per heavy atom. The molecule has 0 spiro atoms. The third kappa shape index (κ3) is 9.92. The largest absolute Gasteiger partial charge is 0.478 e. The van der Waals surface area contributed by atoms with Crippen molar-refractivity contribution in [3.63, 3.8) is 0 Å². The van der Waals surface area contributed by atoms with E-state index in [0.29, 0.717) is 34.8 Å². The van der Waals surface area contributed by atoms with Crippen LogP contribution in [0.25, 0.3) is 0 Å². The molecule has 294 valence electrons. The van der Waals surface area contributed by atoms with E-state index in [9.17, 15) is 14.7 Å². The normalized spacial score (nSPS) is 33.5. The summed E-state index contributed by atoms with van der Waals surface area (Å²) < 4.78 is 0. The quantitative estimate of drug-likeness (QED) is 0.264. The van der Waals surface area contributed by atoms with Gasteiger partial charge in [0, 0.05) is 12.6 Å². The predicted molar refractivity (Wildman–Crippen MR) is 226 cm³/mol. The van der Waals surface area contributed by atoms with Crippen molar-refractivity contribution in [3.05, 3.63) is 35.4 Å². The molecule has 3 N–H and O–H groups in total. The van der Waals surface area contributed by atoms with Crippen LogP contribution in [0.5, 0.6) is 0 Å². The lowest BCUT2D eigenvalue weighted by Crippen LogP contribution is -2.64. The van der Waals surface area contributed by atoms with E-state index >= 15 is 0 Å². The average molecular weight is 727 g/mol. The first kappa shape index (κ1) is 49.4. The maximum atomic E-state index is 12.1. The standard InChI is InChI=1S/C35H52N2O3.C3H8.C2H6.4C2H2/c1-32(2)25(22-8-10-23(11-9-22)31(39)40)14-18-34(4)28(32)16-19-33(3)26-15-20-35(37-21-30(38)36-5)17-6-7-27(35)24(26)12-13-29(33)34;1-3-2;5*1-2/h8-11,24-29,37H,6-7,12-21H2,1-5H3,(H,36,38)(H,39,40);3H2,1-2H3;1-2H3;4*1-2H/t24-,25+,26?,27?,28?,29?,33-,34-,35-;;;;;;/m0....../s1. The molecule has 1 amide bonds. The lowest BCUT2D eigenvalue weighted by Gasteiger charge is -2.69. The molecule has 6 rings (SSSR count). The van der Waals surface area contributed by atoms with Crippen molar-refractivity contribution < 1.29 is 14.7 Å². The summed E-state index contributed by atoms with van der Waals surface area (Å²) in [6.45, 7) is 19.1. The van der Waals surface area contributed by atoms with Gasteiger partial charge in [-0.2, -0.15) is 0 Å². The summed E-state index contributed by atoms with van der Waals surface area (Å²) in [4.78, 5) is 23.6. The number of likely N-dealkylation sites (N-methyl/N-ethyl adjacent to an activating group) is 1. The molecule has 0 aliphatic heterocycles. The molecule has 0 heterocycles. The summed E-state index contributed by atoms with van der Waals surface area (Å²) in [7, 11) is 1.74. The maximum absolute atomic E-state index is 12.1. The van der Waals surface area contributed by atoms with Crippen molar-refractivity contribution in [1.29, 1.82) is 0 Å². The number of hydrogen-bond donors (Lipinski definition) is 3. The minimum atomic E-state index is -0.844. The van der Waals surface area contributed by atoms with Crippen molar-refractivity contribution in [3.8, 4) is 51.4 Å². The molecule has 0 aromatic heterocycles. The van der Waals surface area contributed by atoms with E-state index in [0.717, 1.165) is 23.7 Å².